The first-order valence-corrected chi connectivity index (χ1v) is 7.93. The second kappa shape index (κ2) is 7.01. The third-order valence-corrected chi connectivity index (χ3v) is 3.70. The van der Waals surface area contributed by atoms with E-state index in [-0.39, 0.29) is 0 Å². The molecule has 1 aliphatic heterocycles. The fourth-order valence-electron chi connectivity index (χ4n) is 2.44. The van der Waals surface area contributed by atoms with Crippen molar-refractivity contribution in [2.24, 2.45) is 0 Å². The van der Waals surface area contributed by atoms with Crippen LogP contribution >= 0.6 is 0 Å². The van der Waals surface area contributed by atoms with Crippen LogP contribution < -0.4 is 5.32 Å². The lowest BCUT2D eigenvalue weighted by Crippen LogP contribution is -2.45. The maximum absolute atomic E-state index is 12.9. The minimum absolute atomic E-state index is 0.419. The van der Waals surface area contributed by atoms with E-state index >= 15 is 0 Å². The minimum Gasteiger partial charge on any atom is -0.444 e. The average Bonchev–Trinajstić information content (AvgIpc) is 2.38. The second-order valence-corrected chi connectivity index (χ2v) is 6.98. The van der Waals surface area contributed by atoms with E-state index in [1.165, 1.54) is 6.07 Å². The van der Waals surface area contributed by atoms with Crippen LogP contribution in [0.2, 0.25) is 0 Å². The molecule has 1 aliphatic rings. The number of nitrogens with zero attached hydrogens (tertiary/aromatic N) is 1. The number of nitrogens with one attached hydrogen (secondary N) is 1. The van der Waals surface area contributed by atoms with Crippen LogP contribution in [0.1, 0.15) is 44.4 Å². The molecule has 7 heteroatoms. The van der Waals surface area contributed by atoms with Crippen LogP contribution in [-0.4, -0.2) is 36.2 Å². The fourth-order valence-corrected chi connectivity index (χ4v) is 2.44. The number of ether oxygens (including phenoxy) is 1. The summed E-state index contributed by atoms with van der Waals surface area (Å²) in [6.07, 6.45) is -3.99. The topological polar surface area (TPSA) is 41.6 Å². The lowest BCUT2D eigenvalue weighted by Gasteiger charge is -2.35. The summed E-state index contributed by atoms with van der Waals surface area (Å²) in [6.45, 7) is 7.43. The van der Waals surface area contributed by atoms with Crippen LogP contribution in [0.15, 0.2) is 24.3 Å². The Kier molecular flexibility index (Phi) is 5.42. The Morgan fingerprint density at radius 1 is 1.29 bits per heavy atom. The first kappa shape index (κ1) is 18.6. The van der Waals surface area contributed by atoms with Crippen LogP contribution in [0.25, 0.3) is 0 Å². The number of likely N-dealkylation sites (tertiary alicyclic amines) is 1. The molecule has 1 fully saturated rings. The molecule has 0 saturated carbocycles. The normalized spacial score (nSPS) is 17.1. The number of amides is 1. The van der Waals surface area contributed by atoms with Crippen molar-refractivity contribution in [1.29, 1.82) is 0 Å². The largest absolute Gasteiger partial charge is 0.444 e. The lowest BCUT2D eigenvalue weighted by molar-refractivity contribution is -0.137. The second-order valence-electron chi connectivity index (χ2n) is 6.98. The fraction of sp³-hybridized carbons (Fsp3) is 0.588. The van der Waals surface area contributed by atoms with E-state index in [2.05, 4.69) is 10.2 Å². The number of alkyl carbamates (subject to hydrolysis) is 1. The molecule has 1 saturated heterocycles. The number of benzene rings is 1. The minimum atomic E-state index is -4.41. The Bertz CT molecular complexity index is 578. The monoisotopic (exact) mass is 344 g/mol. The average molecular weight is 344 g/mol. The van der Waals surface area contributed by atoms with Gasteiger partial charge in [-0.15, -0.1) is 0 Å². The summed E-state index contributed by atoms with van der Waals surface area (Å²) in [4.78, 5) is 14.1. The predicted molar refractivity (Wildman–Crippen MR) is 84.6 cm³/mol. The van der Waals surface area contributed by atoms with Crippen LogP contribution in [0.5, 0.6) is 0 Å². The maximum atomic E-state index is 12.9. The first-order chi connectivity index (χ1) is 11.0. The first-order valence-electron chi connectivity index (χ1n) is 7.93. The summed E-state index contributed by atoms with van der Waals surface area (Å²) in [6, 6.07) is 4.51. The summed E-state index contributed by atoms with van der Waals surface area (Å²) in [7, 11) is 0. The Labute approximate surface area is 140 Å². The van der Waals surface area contributed by atoms with E-state index in [1.807, 2.05) is 0 Å². The molecule has 0 aromatic heterocycles. The number of hydrogen-bond donors (Lipinski definition) is 1. The molecule has 0 bridgehead atoms. The summed E-state index contributed by atoms with van der Waals surface area (Å²) in [5, 5.41) is 2.70. The number of rotatable bonds is 4. The van der Waals surface area contributed by atoms with Crippen molar-refractivity contribution >= 4 is 6.09 Å². The zero-order valence-electron chi connectivity index (χ0n) is 14.1. The molecule has 24 heavy (non-hydrogen) atoms. The smallest absolute Gasteiger partial charge is 0.416 e. The van der Waals surface area contributed by atoms with E-state index in [1.54, 1.807) is 26.8 Å². The van der Waals surface area contributed by atoms with Gasteiger partial charge in [-0.3, -0.25) is 0 Å². The molecule has 0 unspecified atom stereocenters. The highest BCUT2D eigenvalue weighted by molar-refractivity contribution is 5.68. The molecular formula is C17H23F3N2O2. The molecule has 1 amide bonds. The highest BCUT2D eigenvalue weighted by atomic mass is 19.4. The molecule has 1 heterocycles. The van der Waals surface area contributed by atoms with Gasteiger partial charge < -0.3 is 15.0 Å². The summed E-state index contributed by atoms with van der Waals surface area (Å²) in [5.41, 5.74) is -0.971. The predicted octanol–water partition coefficient (Wildman–Crippen LogP) is 3.98. The molecular weight excluding hydrogens is 321 g/mol. The Morgan fingerprint density at radius 2 is 1.96 bits per heavy atom. The zero-order chi connectivity index (χ0) is 18.0. The molecule has 2 rings (SSSR count). The number of carbonyl (C=O) groups is 1. The van der Waals surface area contributed by atoms with Gasteiger partial charge in [0.25, 0.3) is 0 Å². The Morgan fingerprint density at radius 3 is 2.46 bits per heavy atom. The molecule has 1 aromatic rings. The number of halogens is 3. The van der Waals surface area contributed by atoms with E-state index in [4.69, 9.17) is 4.74 Å². The maximum Gasteiger partial charge on any atom is 0.416 e. The van der Waals surface area contributed by atoms with Crippen LogP contribution in [0, 0.1) is 0 Å². The van der Waals surface area contributed by atoms with Crippen molar-refractivity contribution in [3.8, 4) is 0 Å². The number of hydrogen-bond acceptors (Lipinski definition) is 3. The van der Waals surface area contributed by atoms with Crippen LogP contribution in [0.3, 0.4) is 0 Å². The van der Waals surface area contributed by atoms with Gasteiger partial charge in [0.15, 0.2) is 0 Å². The number of carbonyl (C=O) groups excluding carboxylic acids is 1. The van der Waals surface area contributed by atoms with Gasteiger partial charge in [-0.2, -0.15) is 13.2 Å². The molecule has 4 nitrogen and oxygen atoms in total. The van der Waals surface area contributed by atoms with Gasteiger partial charge in [-0.1, -0.05) is 12.1 Å². The van der Waals surface area contributed by atoms with Crippen molar-refractivity contribution in [3.05, 3.63) is 35.4 Å². The Hall–Kier alpha value is -1.76. The lowest BCUT2D eigenvalue weighted by atomic mass is 10.0. The summed E-state index contributed by atoms with van der Waals surface area (Å²) >= 11 is 0. The van der Waals surface area contributed by atoms with Gasteiger partial charge in [0.1, 0.15) is 5.60 Å². The molecule has 0 aliphatic carbocycles. The van der Waals surface area contributed by atoms with Crippen molar-refractivity contribution in [2.45, 2.75) is 45.0 Å². The molecule has 134 valence electrons. The van der Waals surface area contributed by atoms with Gasteiger partial charge in [-0.25, -0.2) is 4.79 Å². The third kappa shape index (κ3) is 5.40. The standard InChI is InChI=1S/C17H23F3N2O2/c1-16(2,3)24-15(23)21-14(11-22-8-5-9-22)12-6-4-7-13(10-12)17(18,19)20/h4,6-7,10,14H,5,8-9,11H2,1-3H3,(H,21,23)/t14-/m1/s1. The zero-order valence-corrected chi connectivity index (χ0v) is 14.1. The molecule has 0 spiro atoms. The SMILES string of the molecule is CC(C)(C)OC(=O)N[C@H](CN1CCC1)c1cccc(C(F)(F)F)c1. The summed E-state index contributed by atoms with van der Waals surface area (Å²) in [5.74, 6) is 0. The number of alkyl halides is 3. The molecule has 1 N–H and O–H groups in total. The van der Waals surface area contributed by atoms with Gasteiger partial charge in [-0.05, 0) is 58.0 Å². The van der Waals surface area contributed by atoms with Crippen molar-refractivity contribution < 1.29 is 22.7 Å². The molecule has 0 radical (unpaired) electrons. The third-order valence-electron chi connectivity index (χ3n) is 3.70. The quantitative estimate of drug-likeness (QED) is 0.898. The van der Waals surface area contributed by atoms with E-state index in [0.717, 1.165) is 31.6 Å². The Balaban J connectivity index is 2.17. The van der Waals surface area contributed by atoms with Crippen molar-refractivity contribution in [1.82, 2.24) is 10.2 Å². The molecule has 1 aromatic carbocycles. The van der Waals surface area contributed by atoms with Gasteiger partial charge >= 0.3 is 12.3 Å². The van der Waals surface area contributed by atoms with E-state index in [9.17, 15) is 18.0 Å². The van der Waals surface area contributed by atoms with E-state index < -0.39 is 29.5 Å². The van der Waals surface area contributed by atoms with Crippen molar-refractivity contribution in [2.75, 3.05) is 19.6 Å². The highest BCUT2D eigenvalue weighted by Gasteiger charge is 2.32. The molecule has 1 atom stereocenters. The van der Waals surface area contributed by atoms with Gasteiger partial charge in [0.2, 0.25) is 0 Å². The van der Waals surface area contributed by atoms with Crippen LogP contribution in [-0.2, 0) is 10.9 Å². The van der Waals surface area contributed by atoms with Crippen molar-refractivity contribution in [3.63, 3.8) is 0 Å². The summed E-state index contributed by atoms with van der Waals surface area (Å²) < 4.78 is 44.0. The van der Waals surface area contributed by atoms with Gasteiger partial charge in [0, 0.05) is 6.54 Å². The van der Waals surface area contributed by atoms with Gasteiger partial charge in [0.05, 0.1) is 11.6 Å². The highest BCUT2D eigenvalue weighted by Crippen LogP contribution is 2.31. The van der Waals surface area contributed by atoms with E-state index in [0.29, 0.717) is 12.1 Å². The van der Waals surface area contributed by atoms with Crippen LogP contribution in [0.4, 0.5) is 18.0 Å².